The maximum atomic E-state index is 14.2. The van der Waals surface area contributed by atoms with Crippen LogP contribution in [-0.4, -0.2) is 11.6 Å². The van der Waals surface area contributed by atoms with Gasteiger partial charge in [-0.2, -0.15) is 0 Å². The average Bonchev–Trinajstić information content (AvgIpc) is 2.69. The van der Waals surface area contributed by atoms with Gasteiger partial charge >= 0.3 is 0 Å². The molecule has 0 unspecified atom stereocenters. The van der Waals surface area contributed by atoms with Crippen LogP contribution >= 0.6 is 0 Å². The predicted molar refractivity (Wildman–Crippen MR) is 130 cm³/mol. The van der Waals surface area contributed by atoms with Gasteiger partial charge in [-0.3, -0.25) is 9.59 Å². The number of hydrogen-bond donors (Lipinski definition) is 0. The molecule has 0 aromatic carbocycles. The fraction of sp³-hybridized carbons (Fsp3) is 0.933. The van der Waals surface area contributed by atoms with Gasteiger partial charge in [0.25, 0.3) is 0 Å². The number of carbonyl (C=O) groups excluding carboxylic acids is 2. The summed E-state index contributed by atoms with van der Waals surface area (Å²) in [5, 5.41) is 0. The first-order chi connectivity index (χ1) is 14.6. The van der Waals surface area contributed by atoms with E-state index >= 15 is 0 Å². The van der Waals surface area contributed by atoms with Gasteiger partial charge in [0.05, 0.1) is 0 Å². The Labute approximate surface area is 197 Å². The molecule has 5 aliphatic carbocycles. The molecule has 0 bridgehead atoms. The van der Waals surface area contributed by atoms with Gasteiger partial charge in [0.2, 0.25) is 0 Å². The highest BCUT2D eigenvalue weighted by atomic mass is 16.1. The molecule has 5 saturated carbocycles. The summed E-state index contributed by atoms with van der Waals surface area (Å²) >= 11 is 0. The zero-order valence-electron chi connectivity index (χ0n) is 22.2. The van der Waals surface area contributed by atoms with E-state index in [2.05, 4.69) is 55.4 Å². The largest absolute Gasteiger partial charge is 0.299 e. The molecule has 5 fully saturated rings. The van der Waals surface area contributed by atoms with Crippen molar-refractivity contribution >= 4 is 11.6 Å². The van der Waals surface area contributed by atoms with Crippen molar-refractivity contribution < 1.29 is 9.59 Å². The second-order valence-electron chi connectivity index (χ2n) is 15.3. The normalized spacial score (nSPS) is 57.1. The molecular weight excluding hydrogens is 392 g/mol. The van der Waals surface area contributed by atoms with Crippen LogP contribution in [0.5, 0.6) is 0 Å². The highest BCUT2D eigenvalue weighted by Crippen LogP contribution is 2.77. The molecule has 5 rings (SSSR count). The number of rotatable bonds is 0. The van der Waals surface area contributed by atoms with Gasteiger partial charge in [0.15, 0.2) is 0 Å². The van der Waals surface area contributed by atoms with E-state index in [4.69, 9.17) is 0 Å². The highest BCUT2D eigenvalue weighted by Gasteiger charge is 2.72. The molecule has 0 aliphatic heterocycles. The smallest absolute Gasteiger partial charge is 0.137 e. The molecule has 0 N–H and O–H groups in total. The van der Waals surface area contributed by atoms with E-state index in [0.29, 0.717) is 34.7 Å². The molecule has 0 heterocycles. The molecule has 0 aromatic heterocycles. The molecule has 0 radical (unpaired) electrons. The molecule has 9 atom stereocenters. The van der Waals surface area contributed by atoms with Gasteiger partial charge in [0, 0.05) is 24.7 Å². The topological polar surface area (TPSA) is 34.1 Å². The first kappa shape index (κ1) is 23.1. The lowest BCUT2D eigenvalue weighted by atomic mass is 9.30. The van der Waals surface area contributed by atoms with E-state index in [0.717, 1.165) is 18.8 Å². The Morgan fingerprint density at radius 1 is 0.688 bits per heavy atom. The zero-order chi connectivity index (χ0) is 23.5. The maximum absolute atomic E-state index is 14.2. The van der Waals surface area contributed by atoms with Gasteiger partial charge < -0.3 is 0 Å². The van der Waals surface area contributed by atoms with Crippen LogP contribution in [0.2, 0.25) is 0 Å². The van der Waals surface area contributed by atoms with Crippen molar-refractivity contribution in [3.8, 4) is 0 Å². The van der Waals surface area contributed by atoms with E-state index in [1.54, 1.807) is 0 Å². The summed E-state index contributed by atoms with van der Waals surface area (Å²) in [5.41, 5.74) is 1.08. The van der Waals surface area contributed by atoms with Gasteiger partial charge in [-0.05, 0) is 95.7 Å². The van der Waals surface area contributed by atoms with E-state index in [1.807, 2.05) is 0 Å². The maximum Gasteiger partial charge on any atom is 0.137 e. The molecule has 0 saturated heterocycles. The lowest BCUT2D eigenvalue weighted by molar-refractivity contribution is -0.246. The van der Waals surface area contributed by atoms with Gasteiger partial charge in [-0.1, -0.05) is 55.4 Å². The summed E-state index contributed by atoms with van der Waals surface area (Å²) in [6, 6.07) is 0. The number of hydrogen-bond acceptors (Lipinski definition) is 2. The Morgan fingerprint density at radius 2 is 1.31 bits per heavy atom. The van der Waals surface area contributed by atoms with Crippen molar-refractivity contribution in [1.82, 2.24) is 0 Å². The minimum Gasteiger partial charge on any atom is -0.299 e. The first-order valence-electron chi connectivity index (χ1n) is 13.7. The van der Waals surface area contributed by atoms with Crippen LogP contribution in [0.25, 0.3) is 0 Å². The van der Waals surface area contributed by atoms with Crippen LogP contribution in [0.3, 0.4) is 0 Å². The molecule has 32 heavy (non-hydrogen) atoms. The Morgan fingerprint density at radius 3 is 2.00 bits per heavy atom. The number of carbonyl (C=O) groups is 2. The van der Waals surface area contributed by atoms with Crippen LogP contribution in [0.15, 0.2) is 0 Å². The Balaban J connectivity index is 1.59. The number of Topliss-reactive ketones (excluding diaryl/α,β-unsaturated/α-hetero) is 2. The van der Waals surface area contributed by atoms with Crippen LogP contribution in [0.4, 0.5) is 0 Å². The van der Waals surface area contributed by atoms with E-state index in [1.165, 1.54) is 44.9 Å². The zero-order valence-corrected chi connectivity index (χ0v) is 22.2. The van der Waals surface area contributed by atoms with Crippen molar-refractivity contribution in [1.29, 1.82) is 0 Å². The standard InChI is InChI=1S/C30H48O2/c1-19-20(31)9-10-22-27(5)14-16-29(7)23-18-25(2,3)11-12-26(23,4)13-15-30(29,8)24(27)21(32)17-28(19,22)6/h19,22-24H,9-18H2,1-8H3/t19-,22-,23-,24+,26+,27-,28+,29-,30+/m0/s1. The summed E-state index contributed by atoms with van der Waals surface area (Å²) in [7, 11) is 0. The second kappa shape index (κ2) is 6.51. The Hall–Kier alpha value is -0.660. The molecule has 0 amide bonds. The van der Waals surface area contributed by atoms with E-state index in [-0.39, 0.29) is 33.5 Å². The summed E-state index contributed by atoms with van der Waals surface area (Å²) in [6.07, 6.45) is 11.3. The predicted octanol–water partition coefficient (Wildman–Crippen LogP) is 7.64. The van der Waals surface area contributed by atoms with Crippen molar-refractivity contribution in [3.63, 3.8) is 0 Å². The molecule has 2 heteroatoms. The third-order valence-corrected chi connectivity index (χ3v) is 13.4. The minimum atomic E-state index is -0.141. The van der Waals surface area contributed by atoms with Gasteiger partial charge in [-0.25, -0.2) is 0 Å². The van der Waals surface area contributed by atoms with E-state index in [9.17, 15) is 9.59 Å². The SMILES string of the molecule is C[C@H]1C(=O)CC[C@H]2[C@]3(C)CC[C@@]4(C)[C@H]5CC(C)(C)CC[C@]5(C)CC[C@]4(C)[C@@H]3C(=O)C[C@@]21C. The van der Waals surface area contributed by atoms with Crippen molar-refractivity contribution in [2.75, 3.05) is 0 Å². The van der Waals surface area contributed by atoms with Crippen molar-refractivity contribution in [3.05, 3.63) is 0 Å². The molecular formula is C30H48O2. The van der Waals surface area contributed by atoms with E-state index < -0.39 is 0 Å². The monoisotopic (exact) mass is 440 g/mol. The Bertz CT molecular complexity index is 857. The number of ketones is 2. The fourth-order valence-electron chi connectivity index (χ4n) is 11.0. The number of fused-ring (bicyclic) bond motifs is 7. The van der Waals surface area contributed by atoms with Crippen LogP contribution in [0, 0.1) is 56.2 Å². The Kier molecular flexibility index (Phi) is 4.70. The second-order valence-corrected chi connectivity index (χ2v) is 15.3. The first-order valence-corrected chi connectivity index (χ1v) is 13.7. The van der Waals surface area contributed by atoms with Crippen molar-refractivity contribution in [2.45, 2.75) is 120 Å². The lowest BCUT2D eigenvalue weighted by Crippen LogP contribution is -2.70. The molecule has 2 nitrogen and oxygen atoms in total. The molecule has 0 aromatic rings. The highest BCUT2D eigenvalue weighted by molar-refractivity contribution is 5.88. The average molecular weight is 441 g/mol. The lowest BCUT2D eigenvalue weighted by Gasteiger charge is -2.74. The van der Waals surface area contributed by atoms with Crippen molar-refractivity contribution in [2.24, 2.45) is 56.2 Å². The summed E-state index contributed by atoms with van der Waals surface area (Å²) in [4.78, 5) is 26.9. The minimum absolute atomic E-state index is 0.0258. The van der Waals surface area contributed by atoms with Crippen LogP contribution < -0.4 is 0 Å². The third-order valence-electron chi connectivity index (χ3n) is 13.4. The molecule has 5 aliphatic rings. The summed E-state index contributed by atoms with van der Waals surface area (Å²) in [6.45, 7) is 19.6. The van der Waals surface area contributed by atoms with Crippen LogP contribution in [-0.2, 0) is 9.59 Å². The molecule has 180 valence electrons. The summed E-state index contributed by atoms with van der Waals surface area (Å²) < 4.78 is 0. The molecule has 0 spiro atoms. The van der Waals surface area contributed by atoms with Gasteiger partial charge in [0.1, 0.15) is 11.6 Å². The van der Waals surface area contributed by atoms with Crippen LogP contribution in [0.1, 0.15) is 120 Å². The van der Waals surface area contributed by atoms with Gasteiger partial charge in [-0.15, -0.1) is 0 Å². The quantitative estimate of drug-likeness (QED) is 0.388. The summed E-state index contributed by atoms with van der Waals surface area (Å²) in [5.74, 6) is 2.31. The third kappa shape index (κ3) is 2.65. The fourth-order valence-corrected chi connectivity index (χ4v) is 11.0.